The van der Waals surface area contributed by atoms with Crippen LogP contribution in [0.5, 0.6) is 0 Å². The van der Waals surface area contributed by atoms with E-state index in [0.29, 0.717) is 39.6 Å². The topological polar surface area (TPSA) is 102 Å². The van der Waals surface area contributed by atoms with Gasteiger partial charge in [-0.15, -0.1) is 0 Å². The van der Waals surface area contributed by atoms with Crippen LogP contribution in [0.15, 0.2) is 51.7 Å². The fraction of sp³-hybridized carbons (Fsp3) is 0.235. The molecule has 1 fully saturated rings. The van der Waals surface area contributed by atoms with E-state index in [1.807, 2.05) is 24.3 Å². The van der Waals surface area contributed by atoms with Crippen molar-refractivity contribution in [3.8, 4) is 0 Å². The van der Waals surface area contributed by atoms with Crippen LogP contribution in [0.4, 0.5) is 11.8 Å². The molecule has 1 heterocycles. The molecule has 130 valence electrons. The summed E-state index contributed by atoms with van der Waals surface area (Å²) in [4.78, 5) is 12.9. The van der Waals surface area contributed by atoms with Crippen molar-refractivity contribution < 1.29 is 0 Å². The summed E-state index contributed by atoms with van der Waals surface area (Å²) in [6.45, 7) is 0.508. The van der Waals surface area contributed by atoms with Crippen LogP contribution in [0.2, 0.25) is 5.02 Å². The fourth-order valence-corrected chi connectivity index (χ4v) is 2.68. The van der Waals surface area contributed by atoms with Gasteiger partial charge in [0, 0.05) is 23.5 Å². The van der Waals surface area contributed by atoms with E-state index >= 15 is 0 Å². The third-order valence-electron chi connectivity index (χ3n) is 3.72. The van der Waals surface area contributed by atoms with Gasteiger partial charge in [-0.25, -0.2) is 9.98 Å². The first-order valence-electron chi connectivity index (χ1n) is 7.84. The Morgan fingerprint density at radius 3 is 2.84 bits per heavy atom. The van der Waals surface area contributed by atoms with Crippen molar-refractivity contribution in [1.29, 1.82) is 0 Å². The second-order valence-corrected chi connectivity index (χ2v) is 7.03. The van der Waals surface area contributed by atoms with Crippen LogP contribution < -0.4 is 16.8 Å². The number of halogens is 2. The molecule has 1 aromatic carbocycles. The van der Waals surface area contributed by atoms with Gasteiger partial charge in [-0.05, 0) is 52.4 Å². The molecule has 6 nitrogen and oxygen atoms in total. The molecule has 0 spiro atoms. The summed E-state index contributed by atoms with van der Waals surface area (Å²) in [7, 11) is 0. The molecule has 1 aliphatic carbocycles. The summed E-state index contributed by atoms with van der Waals surface area (Å²) in [6, 6.07) is 7.60. The van der Waals surface area contributed by atoms with E-state index in [0.717, 1.165) is 24.1 Å². The Balaban J connectivity index is 1.74. The Labute approximate surface area is 159 Å². The number of hydrogen-bond donors (Lipinski definition) is 3. The number of nitrogens with one attached hydrogen (secondary N) is 1. The van der Waals surface area contributed by atoms with Gasteiger partial charge in [-0.2, -0.15) is 4.98 Å². The molecule has 1 aromatic heterocycles. The number of nitrogens with zero attached hydrogens (tertiary/aromatic N) is 3. The second kappa shape index (κ2) is 7.84. The molecule has 0 amide bonds. The number of benzene rings is 1. The Bertz CT molecular complexity index is 832. The third-order valence-corrected chi connectivity index (χ3v) is 4.65. The molecule has 1 saturated carbocycles. The zero-order valence-corrected chi connectivity index (χ0v) is 15.8. The lowest BCUT2D eigenvalue weighted by atomic mass is 10.2. The van der Waals surface area contributed by atoms with Gasteiger partial charge in [0.1, 0.15) is 5.84 Å². The molecular formula is C17H18BrClN6. The van der Waals surface area contributed by atoms with Crippen molar-refractivity contribution in [2.45, 2.75) is 19.4 Å². The zero-order chi connectivity index (χ0) is 17.8. The molecule has 0 aliphatic heterocycles. The molecule has 1 aliphatic rings. The third kappa shape index (κ3) is 4.93. The zero-order valence-electron chi connectivity index (χ0n) is 13.4. The number of hydrogen-bond acceptors (Lipinski definition) is 5. The van der Waals surface area contributed by atoms with Gasteiger partial charge in [-0.1, -0.05) is 29.8 Å². The number of allylic oxidation sites excluding steroid dienone is 1. The molecule has 5 N–H and O–H groups in total. The van der Waals surface area contributed by atoms with Gasteiger partial charge in [-0.3, -0.25) is 0 Å². The molecule has 2 aromatic rings. The van der Waals surface area contributed by atoms with Crippen LogP contribution >= 0.6 is 27.5 Å². The molecule has 0 saturated heterocycles. The minimum absolute atomic E-state index is 0.320. The smallest absolute Gasteiger partial charge is 0.225 e. The maximum atomic E-state index is 6.15. The summed E-state index contributed by atoms with van der Waals surface area (Å²) in [5.41, 5.74) is 13.6. The normalized spacial score (nSPS) is 15.3. The van der Waals surface area contributed by atoms with Gasteiger partial charge in [0.15, 0.2) is 5.82 Å². The van der Waals surface area contributed by atoms with E-state index in [4.69, 9.17) is 23.1 Å². The Morgan fingerprint density at radius 2 is 2.12 bits per heavy atom. The molecule has 0 atom stereocenters. The number of amidine groups is 1. The second-order valence-electron chi connectivity index (χ2n) is 5.77. The number of anilines is 1. The maximum Gasteiger partial charge on any atom is 0.225 e. The first-order chi connectivity index (χ1) is 12.0. The molecule has 25 heavy (non-hydrogen) atoms. The van der Waals surface area contributed by atoms with Crippen LogP contribution in [0.1, 0.15) is 18.4 Å². The fourth-order valence-electron chi connectivity index (χ4n) is 2.20. The average Bonchev–Trinajstić information content (AvgIpc) is 3.42. The van der Waals surface area contributed by atoms with Crippen molar-refractivity contribution >= 4 is 45.1 Å². The highest BCUT2D eigenvalue weighted by Crippen LogP contribution is 2.33. The SMILES string of the molecule is NC(=CC(N)=Nc1nc(NCc2ccccc2Cl)ncc1Br)C1CC1. The summed E-state index contributed by atoms with van der Waals surface area (Å²) in [6.07, 6.45) is 5.55. The van der Waals surface area contributed by atoms with E-state index in [-0.39, 0.29) is 0 Å². The minimum atomic E-state index is 0.320. The van der Waals surface area contributed by atoms with Crippen LogP contribution in [0.25, 0.3) is 0 Å². The van der Waals surface area contributed by atoms with Crippen molar-refractivity contribution in [1.82, 2.24) is 9.97 Å². The van der Waals surface area contributed by atoms with E-state index in [9.17, 15) is 0 Å². The molecule has 0 bridgehead atoms. The summed E-state index contributed by atoms with van der Waals surface area (Å²) in [5, 5.41) is 3.82. The number of aliphatic imine (C=N–C) groups is 1. The highest BCUT2D eigenvalue weighted by Gasteiger charge is 2.24. The summed E-state index contributed by atoms with van der Waals surface area (Å²) in [5.74, 6) is 1.64. The van der Waals surface area contributed by atoms with E-state index in [2.05, 4.69) is 36.2 Å². The van der Waals surface area contributed by atoms with E-state index in [1.54, 1.807) is 12.3 Å². The number of aromatic nitrogens is 2. The Morgan fingerprint density at radius 1 is 1.36 bits per heavy atom. The Hall–Kier alpha value is -2.12. The molecule has 0 radical (unpaired) electrons. The average molecular weight is 422 g/mol. The van der Waals surface area contributed by atoms with E-state index in [1.165, 1.54) is 0 Å². The lowest BCUT2D eigenvalue weighted by molar-refractivity contribution is 0.982. The summed E-state index contributed by atoms with van der Waals surface area (Å²) < 4.78 is 0.650. The van der Waals surface area contributed by atoms with Crippen LogP contribution in [-0.2, 0) is 6.54 Å². The molecule has 3 rings (SSSR count). The van der Waals surface area contributed by atoms with Crippen LogP contribution in [-0.4, -0.2) is 15.8 Å². The minimum Gasteiger partial charge on any atom is -0.402 e. The van der Waals surface area contributed by atoms with Crippen molar-refractivity contribution in [3.05, 3.63) is 57.3 Å². The maximum absolute atomic E-state index is 6.15. The number of nitrogens with two attached hydrogens (primary N) is 2. The van der Waals surface area contributed by atoms with Gasteiger partial charge in [0.2, 0.25) is 5.95 Å². The van der Waals surface area contributed by atoms with Gasteiger partial charge in [0.25, 0.3) is 0 Å². The monoisotopic (exact) mass is 420 g/mol. The highest BCUT2D eigenvalue weighted by molar-refractivity contribution is 9.10. The quantitative estimate of drug-likeness (QED) is 0.487. The van der Waals surface area contributed by atoms with Gasteiger partial charge < -0.3 is 16.8 Å². The predicted molar refractivity (Wildman–Crippen MR) is 105 cm³/mol. The van der Waals surface area contributed by atoms with Crippen LogP contribution in [0, 0.1) is 5.92 Å². The van der Waals surface area contributed by atoms with Crippen molar-refractivity contribution in [3.63, 3.8) is 0 Å². The van der Waals surface area contributed by atoms with Crippen molar-refractivity contribution in [2.24, 2.45) is 22.4 Å². The molecular weight excluding hydrogens is 404 g/mol. The molecule has 8 heteroatoms. The van der Waals surface area contributed by atoms with E-state index < -0.39 is 0 Å². The largest absolute Gasteiger partial charge is 0.402 e. The highest BCUT2D eigenvalue weighted by atomic mass is 79.9. The summed E-state index contributed by atoms with van der Waals surface area (Å²) >= 11 is 9.54. The first kappa shape index (κ1) is 17.7. The van der Waals surface area contributed by atoms with Gasteiger partial charge >= 0.3 is 0 Å². The lowest BCUT2D eigenvalue weighted by Gasteiger charge is -2.08. The van der Waals surface area contributed by atoms with Crippen molar-refractivity contribution in [2.75, 3.05) is 5.32 Å². The van der Waals surface area contributed by atoms with Gasteiger partial charge in [0.05, 0.1) is 4.47 Å². The number of rotatable bonds is 6. The predicted octanol–water partition coefficient (Wildman–Crippen LogP) is 3.75. The lowest BCUT2D eigenvalue weighted by Crippen LogP contribution is -2.12. The van der Waals surface area contributed by atoms with Crippen LogP contribution in [0.3, 0.4) is 0 Å². The Kier molecular flexibility index (Phi) is 5.55. The molecule has 0 unspecified atom stereocenters. The standard InChI is InChI=1S/C17H18BrClN6/c18-12-9-23-17(22-8-11-3-1-2-4-13(11)19)25-16(12)24-15(21)7-14(20)10-5-6-10/h1-4,7,9-10H,5-6,8,20H2,(H3,21,22,23,24,25). The first-order valence-corrected chi connectivity index (χ1v) is 9.01.